The molecule has 0 aromatic heterocycles. The van der Waals surface area contributed by atoms with Gasteiger partial charge in [-0.2, -0.15) is 0 Å². The number of hydrogen-bond donors (Lipinski definition) is 2. The van der Waals surface area contributed by atoms with E-state index in [4.69, 9.17) is 11.5 Å². The van der Waals surface area contributed by atoms with Crippen molar-refractivity contribution in [3.05, 3.63) is 0 Å². The summed E-state index contributed by atoms with van der Waals surface area (Å²) in [7, 11) is 1.57. The maximum Gasteiger partial charge on any atom is 0.131 e. The lowest BCUT2D eigenvalue weighted by Crippen LogP contribution is -2.68. The van der Waals surface area contributed by atoms with Gasteiger partial charge in [-0.05, 0) is 9.12 Å². The molecule has 1 saturated heterocycles. The van der Waals surface area contributed by atoms with Gasteiger partial charge in [-0.3, -0.25) is 0 Å². The molecule has 0 aromatic rings. The Bertz CT molecular complexity index is 94.5. The van der Waals surface area contributed by atoms with Gasteiger partial charge < -0.3 is 11.5 Å². The maximum absolute atomic E-state index is 5.55. The van der Waals surface area contributed by atoms with E-state index in [1.807, 2.05) is 4.31 Å². The SMILES string of the molecule is NC1(N)CCN1SI. The van der Waals surface area contributed by atoms with Crippen molar-refractivity contribution in [2.45, 2.75) is 12.2 Å². The largest absolute Gasteiger partial charge is 0.300 e. The van der Waals surface area contributed by atoms with E-state index in [9.17, 15) is 0 Å². The van der Waals surface area contributed by atoms with E-state index >= 15 is 0 Å². The van der Waals surface area contributed by atoms with Gasteiger partial charge in [0.25, 0.3) is 0 Å². The van der Waals surface area contributed by atoms with Crippen molar-refractivity contribution in [1.82, 2.24) is 4.31 Å². The van der Waals surface area contributed by atoms with E-state index in [1.54, 1.807) is 9.12 Å². The average Bonchev–Trinajstić information content (AvgIpc) is 1.66. The Hall–Kier alpha value is 0.960. The molecule has 1 aliphatic rings. The molecule has 0 radical (unpaired) electrons. The molecular formula is C3H8IN3S. The first-order valence-corrected chi connectivity index (χ1v) is 5.62. The molecule has 4 N–H and O–H groups in total. The number of halogens is 1. The maximum atomic E-state index is 5.55. The van der Waals surface area contributed by atoms with Crippen molar-refractivity contribution in [2.24, 2.45) is 11.5 Å². The summed E-state index contributed by atoms with van der Waals surface area (Å²) < 4.78 is 1.95. The minimum Gasteiger partial charge on any atom is -0.300 e. The zero-order valence-corrected chi connectivity index (χ0v) is 7.28. The fourth-order valence-corrected chi connectivity index (χ4v) is 2.63. The standard InChI is InChI=1S/C3H8IN3S/c4-8-7-2-1-3(7,5)6/h1-2,5-6H2. The topological polar surface area (TPSA) is 55.3 Å². The molecule has 5 heteroatoms. The normalized spacial score (nSPS) is 27.4. The summed E-state index contributed by atoms with van der Waals surface area (Å²) >= 11 is 2.17. The van der Waals surface area contributed by atoms with Crippen molar-refractivity contribution in [2.75, 3.05) is 6.54 Å². The molecular weight excluding hydrogens is 237 g/mol. The second kappa shape index (κ2) is 2.30. The van der Waals surface area contributed by atoms with Crippen LogP contribution >= 0.6 is 30.3 Å². The predicted octanol–water partition coefficient (Wildman–Crippen LogP) is 0.261. The van der Waals surface area contributed by atoms with E-state index in [0.29, 0.717) is 0 Å². The molecule has 0 aromatic carbocycles. The minimum atomic E-state index is -0.522. The van der Waals surface area contributed by atoms with Crippen LogP contribution in [0.4, 0.5) is 0 Å². The van der Waals surface area contributed by atoms with E-state index in [0.717, 1.165) is 13.0 Å². The summed E-state index contributed by atoms with van der Waals surface area (Å²) in [5.74, 6) is -0.522. The van der Waals surface area contributed by atoms with Crippen LogP contribution in [0.5, 0.6) is 0 Å². The van der Waals surface area contributed by atoms with Crippen LogP contribution in [-0.2, 0) is 0 Å². The van der Waals surface area contributed by atoms with Crippen LogP contribution < -0.4 is 11.5 Å². The molecule has 0 atom stereocenters. The first kappa shape index (κ1) is 7.07. The molecule has 0 bridgehead atoms. The van der Waals surface area contributed by atoms with Crippen molar-refractivity contribution >= 4 is 30.3 Å². The van der Waals surface area contributed by atoms with Gasteiger partial charge in [-0.25, -0.2) is 4.31 Å². The number of nitrogens with zero attached hydrogens (tertiary/aromatic N) is 1. The van der Waals surface area contributed by atoms with Gasteiger partial charge >= 0.3 is 0 Å². The van der Waals surface area contributed by atoms with Gasteiger partial charge in [-0.1, -0.05) is 0 Å². The quantitative estimate of drug-likeness (QED) is 0.395. The number of hydrogen-bond acceptors (Lipinski definition) is 4. The third-order valence-electron chi connectivity index (χ3n) is 1.26. The molecule has 0 spiro atoms. The lowest BCUT2D eigenvalue weighted by atomic mass is 10.1. The third-order valence-corrected chi connectivity index (χ3v) is 3.38. The highest BCUT2D eigenvalue weighted by molar-refractivity contribution is 14.2. The second-order valence-electron chi connectivity index (χ2n) is 1.91. The van der Waals surface area contributed by atoms with E-state index in [-0.39, 0.29) is 0 Å². The first-order chi connectivity index (χ1) is 3.67. The second-order valence-corrected chi connectivity index (χ2v) is 3.67. The van der Waals surface area contributed by atoms with Gasteiger partial charge in [0.15, 0.2) is 0 Å². The zero-order chi connectivity index (χ0) is 6.20. The Morgan fingerprint density at radius 1 is 1.62 bits per heavy atom. The van der Waals surface area contributed by atoms with Crippen LogP contribution in [0.25, 0.3) is 0 Å². The molecule has 8 heavy (non-hydrogen) atoms. The van der Waals surface area contributed by atoms with Crippen molar-refractivity contribution in [3.8, 4) is 0 Å². The summed E-state index contributed by atoms with van der Waals surface area (Å²) in [6.45, 7) is 1.01. The van der Waals surface area contributed by atoms with E-state index < -0.39 is 5.79 Å². The molecule has 0 amide bonds. The third kappa shape index (κ3) is 1.10. The highest BCUT2D eigenvalue weighted by Crippen LogP contribution is 2.32. The molecule has 1 rings (SSSR count). The molecule has 0 unspecified atom stereocenters. The van der Waals surface area contributed by atoms with Crippen LogP contribution in [-0.4, -0.2) is 16.6 Å². The van der Waals surface area contributed by atoms with Crippen LogP contribution in [0, 0.1) is 0 Å². The highest BCUT2D eigenvalue weighted by atomic mass is 127. The Morgan fingerprint density at radius 2 is 2.25 bits per heavy atom. The van der Waals surface area contributed by atoms with Gasteiger partial charge in [0, 0.05) is 34.2 Å². The van der Waals surface area contributed by atoms with Crippen molar-refractivity contribution in [1.29, 1.82) is 0 Å². The van der Waals surface area contributed by atoms with Crippen LogP contribution in [0.2, 0.25) is 0 Å². The Morgan fingerprint density at radius 3 is 2.25 bits per heavy atom. The van der Waals surface area contributed by atoms with Gasteiger partial charge in [0.2, 0.25) is 0 Å². The monoisotopic (exact) mass is 245 g/mol. The van der Waals surface area contributed by atoms with Crippen molar-refractivity contribution in [3.63, 3.8) is 0 Å². The minimum absolute atomic E-state index is 0.522. The summed E-state index contributed by atoms with van der Waals surface area (Å²) in [4.78, 5) is 0. The fraction of sp³-hybridized carbons (Fsp3) is 1.00. The summed E-state index contributed by atoms with van der Waals surface area (Å²) in [6, 6.07) is 0. The molecule has 3 nitrogen and oxygen atoms in total. The molecule has 1 fully saturated rings. The van der Waals surface area contributed by atoms with E-state index in [1.165, 1.54) is 0 Å². The number of nitrogens with two attached hydrogens (primary N) is 2. The zero-order valence-electron chi connectivity index (χ0n) is 4.30. The molecule has 1 aliphatic heterocycles. The average molecular weight is 245 g/mol. The van der Waals surface area contributed by atoms with Crippen molar-refractivity contribution < 1.29 is 0 Å². The first-order valence-electron chi connectivity index (χ1n) is 2.31. The number of rotatable bonds is 1. The summed E-state index contributed by atoms with van der Waals surface area (Å²) in [5, 5.41) is 0. The summed E-state index contributed by atoms with van der Waals surface area (Å²) in [5.41, 5.74) is 11.1. The molecule has 0 saturated carbocycles. The van der Waals surface area contributed by atoms with Gasteiger partial charge in [0.1, 0.15) is 5.79 Å². The van der Waals surface area contributed by atoms with Crippen LogP contribution in [0.3, 0.4) is 0 Å². The molecule has 0 aliphatic carbocycles. The molecule has 48 valence electrons. The summed E-state index contributed by atoms with van der Waals surface area (Å²) in [6.07, 6.45) is 0.906. The van der Waals surface area contributed by atoms with Gasteiger partial charge in [0.05, 0.1) is 0 Å². The Balaban J connectivity index is 2.37. The Labute approximate surface area is 64.9 Å². The predicted molar refractivity (Wildman–Crippen MR) is 44.0 cm³/mol. The Kier molecular flexibility index (Phi) is 2.03. The van der Waals surface area contributed by atoms with Gasteiger partial charge in [-0.15, -0.1) is 0 Å². The smallest absolute Gasteiger partial charge is 0.131 e. The van der Waals surface area contributed by atoms with Crippen LogP contribution in [0.1, 0.15) is 6.42 Å². The highest BCUT2D eigenvalue weighted by Gasteiger charge is 2.37. The van der Waals surface area contributed by atoms with E-state index in [2.05, 4.69) is 21.2 Å². The molecule has 1 heterocycles. The van der Waals surface area contributed by atoms with Crippen LogP contribution in [0.15, 0.2) is 0 Å². The lowest BCUT2D eigenvalue weighted by Gasteiger charge is -2.44. The fourth-order valence-electron chi connectivity index (χ4n) is 0.560. The lowest BCUT2D eigenvalue weighted by molar-refractivity contribution is 0.101.